The molecule has 0 aromatic rings. The Labute approximate surface area is 101 Å². The molecule has 3 N–H and O–H groups in total. The van der Waals surface area contributed by atoms with Gasteiger partial charge in [0.15, 0.2) is 9.39 Å². The normalized spacial score (nSPS) is 49.3. The quantitative estimate of drug-likeness (QED) is 0.407. The average molecular weight is 285 g/mol. The van der Waals surface area contributed by atoms with Crippen LogP contribution in [0.3, 0.4) is 0 Å². The van der Waals surface area contributed by atoms with Gasteiger partial charge in [0, 0.05) is 0 Å². The van der Waals surface area contributed by atoms with E-state index in [0.717, 1.165) is 0 Å². The van der Waals surface area contributed by atoms with E-state index in [-0.39, 0.29) is 0 Å². The van der Waals surface area contributed by atoms with Crippen molar-refractivity contribution in [1.29, 1.82) is 0 Å². The molecule has 0 aromatic carbocycles. The molecule has 1 aliphatic rings. The zero-order valence-corrected chi connectivity index (χ0v) is 9.93. The van der Waals surface area contributed by atoms with E-state index in [2.05, 4.69) is 0 Å². The van der Waals surface area contributed by atoms with Gasteiger partial charge >= 0.3 is 0 Å². The molecule has 0 fully saturated rings. The van der Waals surface area contributed by atoms with E-state index in [1.165, 1.54) is 12.2 Å². The van der Waals surface area contributed by atoms with Crippen LogP contribution in [0.15, 0.2) is 12.2 Å². The van der Waals surface area contributed by atoms with Gasteiger partial charge in [-0.15, -0.1) is 11.6 Å². The van der Waals surface area contributed by atoms with Gasteiger partial charge in [-0.3, -0.25) is 0 Å². The largest absolute Gasteiger partial charge is 0.371 e. The molecule has 76 valence electrons. The summed E-state index contributed by atoms with van der Waals surface area (Å²) in [7, 11) is 0. The molecular formula is C6H6Cl5NO. The van der Waals surface area contributed by atoms with Crippen LogP contribution in [0.2, 0.25) is 0 Å². The van der Waals surface area contributed by atoms with Crippen molar-refractivity contribution in [2.45, 2.75) is 19.8 Å². The zero-order chi connectivity index (χ0) is 10.5. The standard InChI is InChI=1S/C6H6Cl5NO/c7-3-1-2-4(8,12)6(10,11)5(3,9)13/h1-3,13H,12H2. The number of hydrogen-bond acceptors (Lipinski definition) is 2. The van der Waals surface area contributed by atoms with Crippen LogP contribution in [-0.2, 0) is 0 Å². The number of hydrogen-bond donors (Lipinski definition) is 2. The van der Waals surface area contributed by atoms with Crippen LogP contribution in [0.5, 0.6) is 0 Å². The Morgan fingerprint density at radius 1 is 1.23 bits per heavy atom. The summed E-state index contributed by atoms with van der Waals surface area (Å²) in [6.45, 7) is 0. The van der Waals surface area contributed by atoms with E-state index < -0.39 is 19.8 Å². The first-order valence-electron chi connectivity index (χ1n) is 3.23. The van der Waals surface area contributed by atoms with Crippen LogP contribution in [0.25, 0.3) is 0 Å². The van der Waals surface area contributed by atoms with Crippen molar-refractivity contribution < 1.29 is 5.11 Å². The molecule has 0 saturated heterocycles. The fourth-order valence-corrected chi connectivity index (χ4v) is 2.10. The fourth-order valence-electron chi connectivity index (χ4n) is 0.899. The van der Waals surface area contributed by atoms with Gasteiger partial charge in [-0.25, -0.2) is 0 Å². The third-order valence-electron chi connectivity index (χ3n) is 1.79. The molecular weight excluding hydrogens is 279 g/mol. The summed E-state index contributed by atoms with van der Waals surface area (Å²) in [6.07, 6.45) is 2.63. The molecule has 2 nitrogen and oxygen atoms in total. The molecule has 0 saturated carbocycles. The Morgan fingerprint density at radius 3 is 2.08 bits per heavy atom. The van der Waals surface area contributed by atoms with E-state index in [0.29, 0.717) is 0 Å². The maximum atomic E-state index is 9.66. The summed E-state index contributed by atoms with van der Waals surface area (Å²) in [5.41, 5.74) is 5.51. The smallest absolute Gasteiger partial charge is 0.197 e. The molecule has 0 amide bonds. The van der Waals surface area contributed by atoms with Crippen molar-refractivity contribution in [3.8, 4) is 0 Å². The van der Waals surface area contributed by atoms with E-state index in [1.807, 2.05) is 0 Å². The summed E-state index contributed by atoms with van der Waals surface area (Å²) in [5.74, 6) is 0. The molecule has 0 aliphatic heterocycles. The number of alkyl halides is 5. The topological polar surface area (TPSA) is 46.2 Å². The van der Waals surface area contributed by atoms with Crippen LogP contribution in [0.4, 0.5) is 0 Å². The number of nitrogens with two attached hydrogens (primary N) is 1. The highest BCUT2D eigenvalue weighted by atomic mass is 35.5. The molecule has 1 aliphatic carbocycles. The number of aliphatic hydroxyl groups is 1. The van der Waals surface area contributed by atoms with Crippen molar-refractivity contribution in [3.05, 3.63) is 12.2 Å². The molecule has 0 aromatic heterocycles. The predicted molar refractivity (Wildman–Crippen MR) is 56.8 cm³/mol. The summed E-state index contributed by atoms with van der Waals surface area (Å²) in [4.78, 5) is -1.65. The molecule has 1 rings (SSSR count). The van der Waals surface area contributed by atoms with Crippen LogP contribution in [-0.4, -0.2) is 24.9 Å². The van der Waals surface area contributed by atoms with E-state index in [4.69, 9.17) is 63.7 Å². The summed E-state index contributed by atoms with van der Waals surface area (Å²) >= 11 is 28.5. The monoisotopic (exact) mass is 283 g/mol. The molecule has 0 heterocycles. The van der Waals surface area contributed by atoms with Gasteiger partial charge in [0.05, 0.1) is 5.38 Å². The summed E-state index contributed by atoms with van der Waals surface area (Å²) < 4.78 is -1.97. The Morgan fingerprint density at radius 2 is 1.69 bits per heavy atom. The Kier molecular flexibility index (Phi) is 3.10. The second-order valence-corrected chi connectivity index (χ2v) is 5.78. The Balaban J connectivity index is 3.22. The van der Waals surface area contributed by atoms with Gasteiger partial charge in [0.2, 0.25) is 0 Å². The molecule has 13 heavy (non-hydrogen) atoms. The van der Waals surface area contributed by atoms with Crippen LogP contribution < -0.4 is 5.73 Å². The predicted octanol–water partition coefficient (Wildman–Crippen LogP) is 2.16. The van der Waals surface area contributed by atoms with Crippen LogP contribution >= 0.6 is 58.0 Å². The summed E-state index contributed by atoms with van der Waals surface area (Å²) in [6, 6.07) is 0. The molecule has 7 heteroatoms. The Hall–Kier alpha value is 1.11. The number of rotatable bonds is 0. The van der Waals surface area contributed by atoms with E-state index in [1.54, 1.807) is 0 Å². The maximum Gasteiger partial charge on any atom is 0.197 e. The van der Waals surface area contributed by atoms with Crippen LogP contribution in [0.1, 0.15) is 0 Å². The second-order valence-electron chi connectivity index (χ2n) is 2.78. The lowest BCUT2D eigenvalue weighted by Crippen LogP contribution is -2.64. The molecule has 3 atom stereocenters. The van der Waals surface area contributed by atoms with Gasteiger partial charge in [0.25, 0.3) is 0 Å². The fraction of sp³-hybridized carbons (Fsp3) is 0.667. The third-order valence-corrected chi connectivity index (χ3v) is 4.88. The highest BCUT2D eigenvalue weighted by Gasteiger charge is 2.63. The lowest BCUT2D eigenvalue weighted by molar-refractivity contribution is 0.101. The van der Waals surface area contributed by atoms with Crippen molar-refractivity contribution in [2.24, 2.45) is 5.73 Å². The van der Waals surface area contributed by atoms with E-state index in [9.17, 15) is 5.11 Å². The van der Waals surface area contributed by atoms with Crippen molar-refractivity contribution in [1.82, 2.24) is 0 Å². The average Bonchev–Trinajstić information content (AvgIpc) is 1.97. The lowest BCUT2D eigenvalue weighted by atomic mass is 9.97. The molecule has 0 radical (unpaired) electrons. The van der Waals surface area contributed by atoms with Gasteiger partial charge in [-0.1, -0.05) is 52.5 Å². The third kappa shape index (κ3) is 1.67. The SMILES string of the molecule is NC1(Cl)C=CC(Cl)C(O)(Cl)C1(Cl)Cl. The van der Waals surface area contributed by atoms with Gasteiger partial charge in [-0.05, 0) is 6.08 Å². The minimum atomic E-state index is -2.11. The first-order chi connectivity index (χ1) is 5.63. The molecule has 0 bridgehead atoms. The lowest BCUT2D eigenvalue weighted by Gasteiger charge is -2.45. The summed E-state index contributed by atoms with van der Waals surface area (Å²) in [5, 5.41) is 6.59. The molecule has 3 unspecified atom stereocenters. The minimum absolute atomic E-state index is 0.959. The van der Waals surface area contributed by atoms with Gasteiger partial charge in [-0.2, -0.15) is 0 Å². The second kappa shape index (κ2) is 3.31. The van der Waals surface area contributed by atoms with E-state index >= 15 is 0 Å². The van der Waals surface area contributed by atoms with Gasteiger partial charge in [0.1, 0.15) is 5.00 Å². The highest BCUT2D eigenvalue weighted by Crippen LogP contribution is 2.52. The minimum Gasteiger partial charge on any atom is -0.371 e. The van der Waals surface area contributed by atoms with Crippen molar-refractivity contribution in [3.63, 3.8) is 0 Å². The maximum absolute atomic E-state index is 9.66. The zero-order valence-electron chi connectivity index (χ0n) is 6.15. The first kappa shape index (κ1) is 12.2. The first-order valence-corrected chi connectivity index (χ1v) is 5.18. The molecule has 0 spiro atoms. The van der Waals surface area contributed by atoms with Gasteiger partial charge < -0.3 is 10.8 Å². The number of halogens is 5. The van der Waals surface area contributed by atoms with Crippen LogP contribution in [0, 0.1) is 0 Å². The van der Waals surface area contributed by atoms with Crippen molar-refractivity contribution in [2.75, 3.05) is 0 Å². The highest BCUT2D eigenvalue weighted by molar-refractivity contribution is 6.59. The Bertz CT molecular complexity index is 249. The van der Waals surface area contributed by atoms with Crippen molar-refractivity contribution >= 4 is 58.0 Å².